The van der Waals surface area contributed by atoms with E-state index in [4.69, 9.17) is 0 Å². The standard InChI is InChI=1S/C17H23F4N/c1-10(2)12(5)15(9-22-11(3)4)14-7-6-13(8-16(14)18)17(19,20)21/h6-8,10-11,15,22H,5,9H2,1-4H3/t15-/m0/s1. The monoisotopic (exact) mass is 317 g/mol. The zero-order chi connectivity index (χ0) is 17.1. The molecule has 124 valence electrons. The lowest BCUT2D eigenvalue weighted by Gasteiger charge is -2.25. The second-order valence-electron chi connectivity index (χ2n) is 6.08. The number of hydrogen-bond donors (Lipinski definition) is 1. The minimum absolute atomic E-state index is 0.112. The van der Waals surface area contributed by atoms with Crippen LogP contribution in [0.1, 0.15) is 44.7 Å². The normalized spacial score (nSPS) is 13.7. The van der Waals surface area contributed by atoms with Crippen LogP contribution >= 0.6 is 0 Å². The molecule has 0 saturated carbocycles. The highest BCUT2D eigenvalue weighted by atomic mass is 19.4. The number of halogens is 4. The molecule has 0 aliphatic heterocycles. The minimum atomic E-state index is -4.54. The molecule has 0 fully saturated rings. The number of rotatable bonds is 6. The van der Waals surface area contributed by atoms with Gasteiger partial charge in [0.25, 0.3) is 0 Å². The van der Waals surface area contributed by atoms with Gasteiger partial charge in [-0.3, -0.25) is 0 Å². The van der Waals surface area contributed by atoms with Crippen LogP contribution in [0, 0.1) is 11.7 Å². The maximum absolute atomic E-state index is 14.2. The zero-order valence-electron chi connectivity index (χ0n) is 13.4. The molecule has 5 heteroatoms. The molecule has 0 unspecified atom stereocenters. The van der Waals surface area contributed by atoms with E-state index < -0.39 is 17.6 Å². The van der Waals surface area contributed by atoms with Gasteiger partial charge in [-0.15, -0.1) is 0 Å². The summed E-state index contributed by atoms with van der Waals surface area (Å²) in [5.41, 5.74) is 0.0751. The van der Waals surface area contributed by atoms with E-state index in [1.807, 2.05) is 27.7 Å². The third-order valence-corrected chi connectivity index (χ3v) is 3.62. The van der Waals surface area contributed by atoms with Crippen molar-refractivity contribution in [1.82, 2.24) is 5.32 Å². The fourth-order valence-electron chi connectivity index (χ4n) is 2.18. The second kappa shape index (κ2) is 7.27. The van der Waals surface area contributed by atoms with Crippen molar-refractivity contribution in [3.8, 4) is 0 Å². The molecular weight excluding hydrogens is 294 g/mol. The molecule has 1 atom stereocenters. The molecule has 22 heavy (non-hydrogen) atoms. The Morgan fingerprint density at radius 2 is 1.77 bits per heavy atom. The van der Waals surface area contributed by atoms with Gasteiger partial charge >= 0.3 is 6.18 Å². The van der Waals surface area contributed by atoms with Gasteiger partial charge in [0.05, 0.1) is 5.56 Å². The van der Waals surface area contributed by atoms with Gasteiger partial charge in [-0.2, -0.15) is 13.2 Å². The Morgan fingerprint density at radius 1 is 1.18 bits per heavy atom. The summed E-state index contributed by atoms with van der Waals surface area (Å²) in [5, 5.41) is 3.20. The van der Waals surface area contributed by atoms with Crippen molar-refractivity contribution in [2.75, 3.05) is 6.54 Å². The second-order valence-corrected chi connectivity index (χ2v) is 6.08. The van der Waals surface area contributed by atoms with Crippen molar-refractivity contribution in [3.63, 3.8) is 0 Å². The van der Waals surface area contributed by atoms with Crippen LogP contribution in [0.4, 0.5) is 17.6 Å². The van der Waals surface area contributed by atoms with Gasteiger partial charge in [-0.1, -0.05) is 45.9 Å². The van der Waals surface area contributed by atoms with E-state index in [0.29, 0.717) is 12.6 Å². The Bertz CT molecular complexity index is 518. The Balaban J connectivity index is 3.16. The molecule has 1 aromatic carbocycles. The average Bonchev–Trinajstić information content (AvgIpc) is 2.38. The zero-order valence-corrected chi connectivity index (χ0v) is 13.4. The first-order valence-electron chi connectivity index (χ1n) is 7.32. The summed E-state index contributed by atoms with van der Waals surface area (Å²) < 4.78 is 52.1. The van der Waals surface area contributed by atoms with Gasteiger partial charge in [0.2, 0.25) is 0 Å². The number of hydrogen-bond acceptors (Lipinski definition) is 1. The van der Waals surface area contributed by atoms with Crippen molar-refractivity contribution in [3.05, 3.63) is 47.3 Å². The molecule has 0 spiro atoms. The Hall–Kier alpha value is -1.36. The summed E-state index contributed by atoms with van der Waals surface area (Å²) >= 11 is 0. The quantitative estimate of drug-likeness (QED) is 0.566. The van der Waals surface area contributed by atoms with E-state index in [1.54, 1.807) is 0 Å². The highest BCUT2D eigenvalue weighted by Gasteiger charge is 2.32. The van der Waals surface area contributed by atoms with Gasteiger partial charge in [0.15, 0.2) is 0 Å². The third kappa shape index (κ3) is 4.83. The van der Waals surface area contributed by atoms with E-state index in [-0.39, 0.29) is 23.4 Å². The van der Waals surface area contributed by atoms with E-state index in [9.17, 15) is 17.6 Å². The molecule has 1 aromatic rings. The van der Waals surface area contributed by atoms with Gasteiger partial charge in [0.1, 0.15) is 5.82 Å². The fourth-order valence-corrected chi connectivity index (χ4v) is 2.18. The molecule has 0 aliphatic carbocycles. The predicted octanol–water partition coefficient (Wildman–Crippen LogP) is 5.14. The van der Waals surface area contributed by atoms with Crippen molar-refractivity contribution in [2.45, 2.75) is 45.8 Å². The summed E-state index contributed by atoms with van der Waals surface area (Å²) in [6.45, 7) is 12.2. The number of nitrogens with one attached hydrogen (secondary N) is 1. The van der Waals surface area contributed by atoms with E-state index in [0.717, 1.165) is 11.6 Å². The third-order valence-electron chi connectivity index (χ3n) is 3.62. The maximum Gasteiger partial charge on any atom is 0.416 e. The molecule has 0 aliphatic rings. The topological polar surface area (TPSA) is 12.0 Å². The summed E-state index contributed by atoms with van der Waals surface area (Å²) in [7, 11) is 0. The van der Waals surface area contributed by atoms with Crippen molar-refractivity contribution in [1.29, 1.82) is 0 Å². The van der Waals surface area contributed by atoms with Crippen LogP contribution < -0.4 is 5.32 Å². The Morgan fingerprint density at radius 3 is 2.18 bits per heavy atom. The summed E-state index contributed by atoms with van der Waals surface area (Å²) in [5.74, 6) is -1.09. The van der Waals surface area contributed by atoms with Crippen LogP contribution in [-0.4, -0.2) is 12.6 Å². The lowest BCUT2D eigenvalue weighted by Crippen LogP contribution is -2.30. The van der Waals surface area contributed by atoms with Crippen LogP contribution in [0.5, 0.6) is 0 Å². The van der Waals surface area contributed by atoms with Gasteiger partial charge in [-0.05, 0) is 23.6 Å². The molecular formula is C17H23F4N. The first-order chi connectivity index (χ1) is 10.0. The molecule has 1 nitrogen and oxygen atoms in total. The smallest absolute Gasteiger partial charge is 0.314 e. The van der Waals surface area contributed by atoms with Gasteiger partial charge in [0, 0.05) is 18.5 Å². The molecule has 1 rings (SSSR count). The molecule has 1 N–H and O–H groups in total. The van der Waals surface area contributed by atoms with Crippen LogP contribution in [-0.2, 0) is 6.18 Å². The molecule has 0 heterocycles. The molecule has 0 radical (unpaired) electrons. The number of alkyl halides is 3. The van der Waals surface area contributed by atoms with Crippen molar-refractivity contribution in [2.24, 2.45) is 5.92 Å². The van der Waals surface area contributed by atoms with Crippen LogP contribution in [0.2, 0.25) is 0 Å². The van der Waals surface area contributed by atoms with Crippen LogP contribution in [0.15, 0.2) is 30.4 Å². The molecule has 0 saturated heterocycles. The lowest BCUT2D eigenvalue weighted by atomic mass is 9.85. The Kier molecular flexibility index (Phi) is 6.17. The Labute approximate surface area is 129 Å². The first-order valence-corrected chi connectivity index (χ1v) is 7.32. The van der Waals surface area contributed by atoms with Crippen molar-refractivity contribution < 1.29 is 17.6 Å². The fraction of sp³-hybridized carbons (Fsp3) is 0.529. The SMILES string of the molecule is C=C(C(C)C)[C@H](CNC(C)C)c1ccc(C(F)(F)F)cc1F. The van der Waals surface area contributed by atoms with E-state index in [2.05, 4.69) is 11.9 Å². The highest BCUT2D eigenvalue weighted by Crippen LogP contribution is 2.34. The summed E-state index contributed by atoms with van der Waals surface area (Å²) in [4.78, 5) is 0. The first kappa shape index (κ1) is 18.7. The average molecular weight is 317 g/mol. The lowest BCUT2D eigenvalue weighted by molar-refractivity contribution is -0.137. The number of benzene rings is 1. The van der Waals surface area contributed by atoms with E-state index >= 15 is 0 Å². The molecule has 0 bridgehead atoms. The predicted molar refractivity (Wildman–Crippen MR) is 81.3 cm³/mol. The van der Waals surface area contributed by atoms with Crippen LogP contribution in [0.25, 0.3) is 0 Å². The minimum Gasteiger partial charge on any atom is -0.314 e. The van der Waals surface area contributed by atoms with Crippen LogP contribution in [0.3, 0.4) is 0 Å². The summed E-state index contributed by atoms with van der Waals surface area (Å²) in [6, 6.07) is 2.90. The summed E-state index contributed by atoms with van der Waals surface area (Å²) in [6.07, 6.45) is -4.54. The van der Waals surface area contributed by atoms with Gasteiger partial charge in [-0.25, -0.2) is 4.39 Å². The molecule has 0 amide bonds. The maximum atomic E-state index is 14.2. The van der Waals surface area contributed by atoms with E-state index in [1.165, 1.54) is 6.07 Å². The highest BCUT2D eigenvalue weighted by molar-refractivity contribution is 5.34. The van der Waals surface area contributed by atoms with Crippen molar-refractivity contribution >= 4 is 0 Å². The molecule has 0 aromatic heterocycles. The van der Waals surface area contributed by atoms with Gasteiger partial charge < -0.3 is 5.32 Å². The largest absolute Gasteiger partial charge is 0.416 e.